The Kier molecular flexibility index (Phi) is 3.41. The van der Waals surface area contributed by atoms with Crippen molar-refractivity contribution in [1.29, 1.82) is 5.26 Å². The van der Waals surface area contributed by atoms with Gasteiger partial charge in [0.05, 0.1) is 17.0 Å². The summed E-state index contributed by atoms with van der Waals surface area (Å²) in [6.45, 7) is 0.0507. The second kappa shape index (κ2) is 5.00. The second-order valence-corrected chi connectivity index (χ2v) is 5.20. The van der Waals surface area contributed by atoms with Gasteiger partial charge in [-0.15, -0.1) is 0 Å². The van der Waals surface area contributed by atoms with E-state index < -0.39 is 10.0 Å². The lowest BCUT2D eigenvalue weighted by Gasteiger charge is -2.06. The van der Waals surface area contributed by atoms with Crippen molar-refractivity contribution in [2.24, 2.45) is 0 Å². The third kappa shape index (κ3) is 2.56. The standard InChI is InChI=1S/C11H10N4O2S/c12-7-9-3-1-2-4-10(9)18(16,17)15-8-11-13-5-6-14-11/h1-6,15H,8H2,(H,13,14). The summed E-state index contributed by atoms with van der Waals surface area (Å²) >= 11 is 0. The molecule has 1 aromatic heterocycles. The molecule has 2 N–H and O–H groups in total. The van der Waals surface area contributed by atoms with E-state index in [0.717, 1.165) is 0 Å². The van der Waals surface area contributed by atoms with Crippen LogP contribution in [0.15, 0.2) is 41.6 Å². The Morgan fingerprint density at radius 1 is 1.39 bits per heavy atom. The fraction of sp³-hybridized carbons (Fsp3) is 0.0909. The topological polar surface area (TPSA) is 98.6 Å². The largest absolute Gasteiger partial charge is 0.347 e. The van der Waals surface area contributed by atoms with Gasteiger partial charge in [-0.2, -0.15) is 5.26 Å². The first-order valence-electron chi connectivity index (χ1n) is 5.10. The lowest BCUT2D eigenvalue weighted by molar-refractivity contribution is 0.579. The Morgan fingerprint density at radius 3 is 2.83 bits per heavy atom. The van der Waals surface area contributed by atoms with Crippen LogP contribution in [0.4, 0.5) is 0 Å². The molecule has 0 amide bonds. The van der Waals surface area contributed by atoms with Crippen LogP contribution < -0.4 is 4.72 Å². The van der Waals surface area contributed by atoms with Crippen LogP contribution >= 0.6 is 0 Å². The number of nitriles is 1. The summed E-state index contributed by atoms with van der Waals surface area (Å²) < 4.78 is 26.4. The van der Waals surface area contributed by atoms with Crippen LogP contribution in [0, 0.1) is 11.3 Å². The highest BCUT2D eigenvalue weighted by molar-refractivity contribution is 7.89. The smallest absolute Gasteiger partial charge is 0.242 e. The predicted molar refractivity (Wildman–Crippen MR) is 63.8 cm³/mol. The van der Waals surface area contributed by atoms with Gasteiger partial charge < -0.3 is 4.98 Å². The third-order valence-electron chi connectivity index (χ3n) is 2.28. The fourth-order valence-corrected chi connectivity index (χ4v) is 2.57. The van der Waals surface area contributed by atoms with E-state index in [1.54, 1.807) is 18.3 Å². The summed E-state index contributed by atoms with van der Waals surface area (Å²) in [5, 5.41) is 8.87. The number of aromatic amines is 1. The molecule has 18 heavy (non-hydrogen) atoms. The summed E-state index contributed by atoms with van der Waals surface area (Å²) in [5.74, 6) is 0.507. The van der Waals surface area contributed by atoms with Gasteiger partial charge in [0.15, 0.2) is 0 Å². The van der Waals surface area contributed by atoms with Crippen molar-refractivity contribution in [1.82, 2.24) is 14.7 Å². The lowest BCUT2D eigenvalue weighted by Crippen LogP contribution is -2.24. The van der Waals surface area contributed by atoms with Gasteiger partial charge in [0.2, 0.25) is 10.0 Å². The minimum atomic E-state index is -3.71. The van der Waals surface area contributed by atoms with Crippen LogP contribution in [0.3, 0.4) is 0 Å². The molecule has 1 heterocycles. The molecule has 0 fully saturated rings. The number of nitrogens with one attached hydrogen (secondary N) is 2. The SMILES string of the molecule is N#Cc1ccccc1S(=O)(=O)NCc1ncc[nH]1. The molecule has 1 aromatic carbocycles. The van der Waals surface area contributed by atoms with E-state index in [1.807, 2.05) is 6.07 Å². The Balaban J connectivity index is 2.23. The van der Waals surface area contributed by atoms with E-state index in [1.165, 1.54) is 18.3 Å². The van der Waals surface area contributed by atoms with E-state index >= 15 is 0 Å². The molecule has 0 radical (unpaired) electrons. The molecule has 0 bridgehead atoms. The van der Waals surface area contributed by atoms with Crippen molar-refractivity contribution in [3.05, 3.63) is 48.0 Å². The Bertz CT molecular complexity index is 671. The molecule has 0 saturated carbocycles. The molecular formula is C11H10N4O2S. The Morgan fingerprint density at radius 2 is 2.17 bits per heavy atom. The molecule has 0 spiro atoms. The molecule has 0 aliphatic rings. The Hall–Kier alpha value is -2.17. The van der Waals surface area contributed by atoms with Gasteiger partial charge in [0.1, 0.15) is 11.9 Å². The van der Waals surface area contributed by atoms with Crippen LogP contribution in [-0.4, -0.2) is 18.4 Å². The maximum absolute atomic E-state index is 12.0. The first kappa shape index (κ1) is 12.3. The monoisotopic (exact) mass is 262 g/mol. The van der Waals surface area contributed by atoms with Crippen molar-refractivity contribution < 1.29 is 8.42 Å². The van der Waals surface area contributed by atoms with E-state index in [-0.39, 0.29) is 17.0 Å². The number of rotatable bonds is 4. The highest BCUT2D eigenvalue weighted by Gasteiger charge is 2.17. The number of hydrogen-bond donors (Lipinski definition) is 2. The van der Waals surface area contributed by atoms with Gasteiger partial charge in [0.25, 0.3) is 0 Å². The van der Waals surface area contributed by atoms with E-state index in [9.17, 15) is 8.42 Å². The summed E-state index contributed by atoms with van der Waals surface area (Å²) in [6.07, 6.45) is 3.14. The number of nitrogens with zero attached hydrogens (tertiary/aromatic N) is 2. The van der Waals surface area contributed by atoms with Crippen LogP contribution in [0.25, 0.3) is 0 Å². The van der Waals surface area contributed by atoms with Crippen LogP contribution in [0.2, 0.25) is 0 Å². The number of sulfonamides is 1. The van der Waals surface area contributed by atoms with E-state index in [0.29, 0.717) is 5.82 Å². The predicted octanol–water partition coefficient (Wildman–Crippen LogP) is 0.760. The summed E-state index contributed by atoms with van der Waals surface area (Å²) in [5.41, 5.74) is 0.115. The first-order valence-corrected chi connectivity index (χ1v) is 6.59. The number of hydrogen-bond acceptors (Lipinski definition) is 4. The maximum Gasteiger partial charge on any atom is 0.242 e. The zero-order chi connectivity index (χ0) is 13.0. The first-order chi connectivity index (χ1) is 8.63. The molecule has 0 aliphatic carbocycles. The van der Waals surface area contributed by atoms with E-state index in [2.05, 4.69) is 14.7 Å². The maximum atomic E-state index is 12.0. The number of benzene rings is 1. The normalized spacial score (nSPS) is 11.1. The van der Waals surface area contributed by atoms with E-state index in [4.69, 9.17) is 5.26 Å². The van der Waals surface area contributed by atoms with Crippen molar-refractivity contribution in [3.8, 4) is 6.07 Å². The minimum Gasteiger partial charge on any atom is -0.347 e. The van der Waals surface area contributed by atoms with Gasteiger partial charge in [-0.1, -0.05) is 12.1 Å². The van der Waals surface area contributed by atoms with Crippen molar-refractivity contribution in [2.45, 2.75) is 11.4 Å². The zero-order valence-electron chi connectivity index (χ0n) is 9.29. The number of aromatic nitrogens is 2. The van der Waals surface area contributed by atoms with Gasteiger partial charge in [0, 0.05) is 12.4 Å². The molecule has 0 atom stereocenters. The molecule has 2 rings (SSSR count). The Labute approximate surface area is 104 Å². The molecule has 2 aromatic rings. The van der Waals surface area contributed by atoms with Crippen LogP contribution in [0.5, 0.6) is 0 Å². The summed E-state index contributed by atoms with van der Waals surface area (Å²) in [7, 11) is -3.71. The molecular weight excluding hydrogens is 252 g/mol. The molecule has 0 aliphatic heterocycles. The average molecular weight is 262 g/mol. The molecule has 0 saturated heterocycles. The van der Waals surface area contributed by atoms with Gasteiger partial charge in [-0.05, 0) is 12.1 Å². The quantitative estimate of drug-likeness (QED) is 0.849. The highest BCUT2D eigenvalue weighted by atomic mass is 32.2. The van der Waals surface area contributed by atoms with Gasteiger partial charge in [-0.25, -0.2) is 18.1 Å². The third-order valence-corrected chi connectivity index (χ3v) is 3.74. The average Bonchev–Trinajstić information content (AvgIpc) is 2.89. The van der Waals surface area contributed by atoms with Crippen LogP contribution in [-0.2, 0) is 16.6 Å². The molecule has 7 heteroatoms. The van der Waals surface area contributed by atoms with Crippen molar-refractivity contribution >= 4 is 10.0 Å². The van der Waals surface area contributed by atoms with Crippen molar-refractivity contribution in [2.75, 3.05) is 0 Å². The zero-order valence-corrected chi connectivity index (χ0v) is 10.1. The van der Waals surface area contributed by atoms with Crippen LogP contribution in [0.1, 0.15) is 11.4 Å². The number of H-pyrrole nitrogens is 1. The molecule has 6 nitrogen and oxygen atoms in total. The van der Waals surface area contributed by atoms with Gasteiger partial charge >= 0.3 is 0 Å². The number of imidazole rings is 1. The second-order valence-electron chi connectivity index (χ2n) is 3.47. The lowest BCUT2D eigenvalue weighted by atomic mass is 10.2. The van der Waals surface area contributed by atoms with Crippen molar-refractivity contribution in [3.63, 3.8) is 0 Å². The summed E-state index contributed by atoms with van der Waals surface area (Å²) in [6, 6.07) is 7.89. The molecule has 0 unspecified atom stereocenters. The highest BCUT2D eigenvalue weighted by Crippen LogP contribution is 2.14. The minimum absolute atomic E-state index is 0.0287. The summed E-state index contributed by atoms with van der Waals surface area (Å²) in [4.78, 5) is 6.67. The van der Waals surface area contributed by atoms with Gasteiger partial charge in [-0.3, -0.25) is 0 Å². The fourth-order valence-electron chi connectivity index (χ4n) is 1.43. The molecule has 92 valence electrons.